The maximum atomic E-state index is 5.23. The van der Waals surface area contributed by atoms with Crippen LogP contribution in [0.4, 0.5) is 0 Å². The topological polar surface area (TPSA) is 36.8 Å². The van der Waals surface area contributed by atoms with Crippen LogP contribution in [0, 0.1) is 82.9 Å². The maximum absolute atomic E-state index is 5.23. The average Bonchev–Trinajstić information content (AvgIpc) is 3.07. The molecule has 8 aliphatic carbocycles. The zero-order chi connectivity index (χ0) is 29.0. The van der Waals surface area contributed by atoms with Gasteiger partial charge >= 0.3 is 0 Å². The Labute approximate surface area is 270 Å². The second kappa shape index (κ2) is 12.7. The highest BCUT2D eigenvalue weighted by Gasteiger charge is 2.54. The van der Waals surface area contributed by atoms with Gasteiger partial charge in [0, 0.05) is 37.6 Å². The van der Waals surface area contributed by atoms with Crippen LogP contribution in [0.2, 0.25) is 0 Å². The molecule has 0 aromatic rings. The van der Waals surface area contributed by atoms with Gasteiger partial charge < -0.3 is 5.32 Å². The number of piperidine rings is 1. The van der Waals surface area contributed by atoms with Gasteiger partial charge in [0.15, 0.2) is 0 Å². The molecule has 16 atom stereocenters. The summed E-state index contributed by atoms with van der Waals surface area (Å²) in [6, 6.07) is 0.918. The Morgan fingerprint density at radius 1 is 0.386 bits per heavy atom. The van der Waals surface area contributed by atoms with E-state index >= 15 is 0 Å². The minimum Gasteiger partial charge on any atom is -0.301 e. The zero-order valence-electron chi connectivity index (χ0n) is 28.1. The predicted octanol–water partition coefficient (Wildman–Crippen LogP) is 9.40. The number of rotatable bonds is 6. The van der Waals surface area contributed by atoms with E-state index in [2.05, 4.69) is 17.7 Å². The molecule has 0 radical (unpaired) electrons. The maximum Gasteiger partial charge on any atom is 0.0425 e. The highest BCUT2D eigenvalue weighted by Crippen LogP contribution is 2.62. The minimum absolute atomic E-state index is 0.459. The number of hydrogen-bond acceptors (Lipinski definition) is 3. The van der Waals surface area contributed by atoms with E-state index in [1.165, 1.54) is 70.6 Å². The lowest BCUT2D eigenvalue weighted by Gasteiger charge is -2.59. The first-order valence-electron chi connectivity index (χ1n) is 20.6. The Balaban J connectivity index is 0.782. The van der Waals surface area contributed by atoms with Crippen molar-refractivity contribution in [1.82, 2.24) is 5.32 Å². The Morgan fingerprint density at radius 2 is 0.750 bits per heavy atom. The van der Waals surface area contributed by atoms with E-state index in [9.17, 15) is 0 Å². The second-order valence-electron chi connectivity index (χ2n) is 18.4. The molecule has 1 heterocycles. The fourth-order valence-corrected chi connectivity index (χ4v) is 15.2. The molecule has 16 unspecified atom stereocenters. The molecule has 44 heavy (non-hydrogen) atoms. The van der Waals surface area contributed by atoms with Gasteiger partial charge in [0.25, 0.3) is 0 Å². The third kappa shape index (κ3) is 5.41. The van der Waals surface area contributed by atoms with Gasteiger partial charge in [0.1, 0.15) is 0 Å². The summed E-state index contributed by atoms with van der Waals surface area (Å²) in [6.07, 6.45) is 36.2. The van der Waals surface area contributed by atoms with E-state index in [-0.39, 0.29) is 0 Å². The first kappa shape index (κ1) is 29.4. The highest BCUT2D eigenvalue weighted by atomic mass is 15.0. The van der Waals surface area contributed by atoms with E-state index < -0.39 is 0 Å². The zero-order valence-corrected chi connectivity index (χ0v) is 28.1. The van der Waals surface area contributed by atoms with Crippen LogP contribution in [0.1, 0.15) is 135 Å². The monoisotopic (exact) mass is 600 g/mol. The van der Waals surface area contributed by atoms with Crippen molar-refractivity contribution in [3.63, 3.8) is 0 Å². The molecular formula is C41H65N3. The van der Waals surface area contributed by atoms with Crippen LogP contribution in [-0.2, 0) is 0 Å². The third-order valence-electron chi connectivity index (χ3n) is 16.7. The quantitative estimate of drug-likeness (QED) is 0.303. The van der Waals surface area contributed by atoms with Gasteiger partial charge in [-0.05, 0) is 179 Å². The molecule has 0 aromatic heterocycles. The van der Waals surface area contributed by atoms with Gasteiger partial charge in [-0.3, -0.25) is 9.98 Å². The van der Waals surface area contributed by atoms with Crippen molar-refractivity contribution in [2.75, 3.05) is 13.1 Å². The van der Waals surface area contributed by atoms with Crippen molar-refractivity contribution in [2.24, 2.45) is 92.8 Å². The fourth-order valence-electron chi connectivity index (χ4n) is 15.2. The summed E-state index contributed by atoms with van der Waals surface area (Å²) in [6.45, 7) is 2.22. The number of hydrogen-bond donors (Lipinski definition) is 1. The number of aliphatic imine (C=N–C) groups is 2. The van der Waals surface area contributed by atoms with Crippen LogP contribution in [0.5, 0.6) is 0 Å². The summed E-state index contributed by atoms with van der Waals surface area (Å²) in [4.78, 5) is 10.5. The van der Waals surface area contributed by atoms with Crippen LogP contribution < -0.4 is 5.32 Å². The molecule has 3 nitrogen and oxygen atoms in total. The van der Waals surface area contributed by atoms with E-state index in [0.717, 1.165) is 95.9 Å². The van der Waals surface area contributed by atoms with Gasteiger partial charge in [0.2, 0.25) is 0 Å². The van der Waals surface area contributed by atoms with Crippen LogP contribution in [0.15, 0.2) is 9.98 Å². The summed E-state index contributed by atoms with van der Waals surface area (Å²) < 4.78 is 0. The molecule has 9 fully saturated rings. The molecular weight excluding hydrogens is 534 g/mol. The van der Waals surface area contributed by atoms with Crippen molar-refractivity contribution in [2.45, 2.75) is 147 Å². The van der Waals surface area contributed by atoms with Crippen LogP contribution >= 0.6 is 0 Å². The Hall–Kier alpha value is -0.700. The number of nitrogens with zero attached hydrogens (tertiary/aromatic N) is 2. The molecule has 0 spiro atoms. The Kier molecular flexibility index (Phi) is 8.51. The number of nitrogens with one attached hydrogen (secondary N) is 1. The normalized spacial score (nSPS) is 53.3. The van der Waals surface area contributed by atoms with Gasteiger partial charge in [-0.1, -0.05) is 38.5 Å². The molecule has 9 rings (SSSR count). The molecule has 0 aromatic carbocycles. The molecule has 1 N–H and O–H groups in total. The van der Waals surface area contributed by atoms with Crippen molar-refractivity contribution in [3.8, 4) is 0 Å². The standard InChI is InChI=1S/C41H65N3/c1-4-26-10-12-30-14-16-32(36-20-18-28(6-1)38(26)40(30)36)22-42-24-34-8-3-9-35(44-34)25-43-23-33-17-15-31-13-11-27-5-2-7-29-19-21-37(33)41(31)39(27)29/h24-41,44H,1-23H2. The van der Waals surface area contributed by atoms with Crippen LogP contribution in [-0.4, -0.2) is 37.6 Å². The first-order chi connectivity index (χ1) is 21.8. The minimum atomic E-state index is 0.459. The summed E-state index contributed by atoms with van der Waals surface area (Å²) >= 11 is 0. The van der Waals surface area contributed by atoms with Gasteiger partial charge in [-0.15, -0.1) is 0 Å². The van der Waals surface area contributed by atoms with E-state index in [1.54, 1.807) is 64.2 Å². The van der Waals surface area contributed by atoms with Gasteiger partial charge in [-0.25, -0.2) is 0 Å². The average molecular weight is 600 g/mol. The third-order valence-corrected chi connectivity index (χ3v) is 16.7. The second-order valence-corrected chi connectivity index (χ2v) is 18.4. The molecule has 9 aliphatic rings. The lowest BCUT2D eigenvalue weighted by atomic mass is 9.46. The van der Waals surface area contributed by atoms with Crippen molar-refractivity contribution >= 4 is 12.4 Å². The Bertz CT molecular complexity index is 958. The summed E-state index contributed by atoms with van der Waals surface area (Å²) in [5.41, 5.74) is 0. The lowest BCUT2D eigenvalue weighted by molar-refractivity contribution is -0.0947. The van der Waals surface area contributed by atoms with Gasteiger partial charge in [0.05, 0.1) is 0 Å². The van der Waals surface area contributed by atoms with E-state index in [4.69, 9.17) is 9.98 Å². The van der Waals surface area contributed by atoms with Crippen molar-refractivity contribution in [1.29, 1.82) is 0 Å². The Morgan fingerprint density at radius 3 is 1.20 bits per heavy atom. The SMILES string of the molecule is C(=NCC1CCC2CCC3CCCC4CCC1C2C34)C1CCCC(C=NCC2CCC3CCC4CCCC5CCC2C3C45)N1. The van der Waals surface area contributed by atoms with E-state index in [1.807, 2.05) is 0 Å². The molecule has 0 bridgehead atoms. The van der Waals surface area contributed by atoms with Crippen LogP contribution in [0.3, 0.4) is 0 Å². The van der Waals surface area contributed by atoms with Crippen molar-refractivity contribution < 1.29 is 0 Å². The molecule has 0 amide bonds. The fraction of sp³-hybridized carbons (Fsp3) is 0.951. The van der Waals surface area contributed by atoms with Crippen molar-refractivity contribution in [3.05, 3.63) is 0 Å². The highest BCUT2D eigenvalue weighted by molar-refractivity contribution is 5.69. The van der Waals surface area contributed by atoms with E-state index in [0.29, 0.717) is 12.1 Å². The summed E-state index contributed by atoms with van der Waals surface area (Å²) in [5, 5.41) is 3.96. The lowest BCUT2D eigenvalue weighted by Crippen LogP contribution is -2.52. The molecule has 3 heteroatoms. The molecule has 244 valence electrons. The molecule has 8 saturated carbocycles. The summed E-state index contributed by atoms with van der Waals surface area (Å²) in [5.74, 6) is 14.6. The van der Waals surface area contributed by atoms with Gasteiger partial charge in [-0.2, -0.15) is 0 Å². The predicted molar refractivity (Wildman–Crippen MR) is 183 cm³/mol. The molecule has 1 aliphatic heterocycles. The first-order valence-corrected chi connectivity index (χ1v) is 20.6. The summed E-state index contributed by atoms with van der Waals surface area (Å²) in [7, 11) is 0. The van der Waals surface area contributed by atoms with Crippen LogP contribution in [0.25, 0.3) is 0 Å². The molecule has 1 saturated heterocycles. The smallest absolute Gasteiger partial charge is 0.0425 e. The largest absolute Gasteiger partial charge is 0.301 e.